The zero-order chi connectivity index (χ0) is 57.4. The lowest BCUT2D eigenvalue weighted by atomic mass is 9.27. The van der Waals surface area contributed by atoms with Crippen molar-refractivity contribution in [1.82, 2.24) is 25.3 Å². The number of amides is 1. The predicted octanol–water partition coefficient (Wildman–Crippen LogP) is 3.84. The Hall–Kier alpha value is -3.54. The molecule has 6 saturated carbocycles. The molecule has 15 N–H and O–H groups in total. The lowest BCUT2D eigenvalue weighted by Crippen LogP contribution is -2.76. The van der Waals surface area contributed by atoms with Crippen LogP contribution in [0.15, 0.2) is 30.5 Å². The maximum absolute atomic E-state index is 15.3. The average Bonchev–Trinajstić information content (AvgIpc) is 1.01. The maximum atomic E-state index is 15.3. The highest BCUT2D eigenvalue weighted by Gasteiger charge is 2.79. The Kier molecular flexibility index (Phi) is 14.9. The smallest absolute Gasteiger partial charge is 0.310 e. The Bertz CT molecular complexity index is 2660. The molecule has 2 saturated heterocycles. The van der Waals surface area contributed by atoms with Gasteiger partial charge in [0.05, 0.1) is 60.7 Å². The van der Waals surface area contributed by atoms with Crippen LogP contribution in [-0.4, -0.2) is 159 Å². The molecule has 3 aliphatic heterocycles. The fourth-order valence-corrected chi connectivity index (χ4v) is 21.8. The number of carbonyl (C=O) groups is 2. The lowest BCUT2D eigenvalue weighted by Gasteiger charge is -2.77. The van der Waals surface area contributed by atoms with Crippen molar-refractivity contribution in [2.45, 2.75) is 204 Å². The lowest BCUT2D eigenvalue weighted by molar-refractivity contribution is -0.351. The third kappa shape index (κ3) is 8.27. The highest BCUT2D eigenvalue weighted by molar-refractivity contribution is 5.86. The summed E-state index contributed by atoms with van der Waals surface area (Å²) < 4.78 is 13.0. The number of H-pyrrole nitrogens is 2. The summed E-state index contributed by atoms with van der Waals surface area (Å²) in [4.78, 5) is 45.7. The van der Waals surface area contributed by atoms with Crippen LogP contribution in [0.3, 0.4) is 0 Å². The minimum Gasteiger partial charge on any atom is -0.481 e. The normalized spacial score (nSPS) is 46.7. The molecule has 2 aromatic heterocycles. The van der Waals surface area contributed by atoms with Crippen LogP contribution < -0.4 is 16.4 Å². The monoisotopic (exact) mass is 1130 g/mol. The van der Waals surface area contributed by atoms with Crippen LogP contribution >= 0.6 is 0 Å². The molecule has 12 rings (SSSR count). The van der Waals surface area contributed by atoms with Gasteiger partial charge in [0, 0.05) is 48.8 Å². The van der Waals surface area contributed by atoms with Crippen molar-refractivity contribution in [1.29, 1.82) is 0 Å². The van der Waals surface area contributed by atoms with Crippen LogP contribution in [0.25, 0.3) is 0 Å². The summed E-state index contributed by atoms with van der Waals surface area (Å²) in [6, 6.07) is -0.715. The van der Waals surface area contributed by atoms with Crippen LogP contribution in [0, 0.1) is 85.2 Å². The first-order chi connectivity index (χ1) is 38.6. The number of aromatic amines is 2. The standard InChI is InChI=1S/C61H93N7O13/c1-55(27-69)18-19-60(54(78)79)36(23-55)32-12-13-43-57(3,58(32,4)33-21-38-51(67-30-66-38)64-24-37(33)60)17-14-42-56(2,28-70)50(81-52-49(76)48(75)41(72)26-80-52)47(74)35(61(42,43)31-10-6-5-7-11-31)20-34-46(68-53(77)59(34)15-8-9-16-59)45(39-25-63-29-65-39)40(71)22-44(62)73/h12,25,29-31,33-37,40-50,52,64,69-76H,5-11,13-24,26-28,62H2,1-4H3,(H,63,65)(H,66,67)(H,68,77)(H,78,79). The molecule has 0 aromatic carbocycles. The third-order valence-corrected chi connectivity index (χ3v) is 25.7. The van der Waals surface area contributed by atoms with Crippen LogP contribution in [0.1, 0.15) is 154 Å². The van der Waals surface area contributed by atoms with Gasteiger partial charge in [-0.2, -0.15) is 0 Å². The second-order valence-electron chi connectivity index (χ2n) is 28.8. The molecule has 20 heteroatoms. The average molecular weight is 1130 g/mol. The Morgan fingerprint density at radius 1 is 0.877 bits per heavy atom. The third-order valence-electron chi connectivity index (χ3n) is 25.7. The summed E-state index contributed by atoms with van der Waals surface area (Å²) in [5.41, 5.74) is 2.92. The van der Waals surface area contributed by atoms with Crippen molar-refractivity contribution in [2.75, 3.05) is 31.7 Å². The first kappa shape index (κ1) is 57.9. The van der Waals surface area contributed by atoms with Gasteiger partial charge in [-0.25, -0.2) is 9.97 Å². The van der Waals surface area contributed by atoms with E-state index in [0.29, 0.717) is 76.4 Å². The van der Waals surface area contributed by atoms with Crippen molar-refractivity contribution in [3.63, 3.8) is 0 Å². The number of aromatic nitrogens is 4. The summed E-state index contributed by atoms with van der Waals surface area (Å²) in [5.74, 6) is -3.59. The Morgan fingerprint density at radius 3 is 2.31 bits per heavy atom. The number of aliphatic hydroxyl groups is 8. The minimum absolute atomic E-state index is 0.00341. The number of carboxylic acid groups (broad SMARTS) is 1. The van der Waals surface area contributed by atoms with Gasteiger partial charge in [0.15, 0.2) is 6.29 Å². The van der Waals surface area contributed by atoms with Crippen molar-refractivity contribution in [2.24, 2.45) is 91.0 Å². The molecule has 2 aromatic rings. The molecular weight excluding hydrogens is 1040 g/mol. The van der Waals surface area contributed by atoms with Gasteiger partial charge >= 0.3 is 5.97 Å². The van der Waals surface area contributed by atoms with E-state index in [1.807, 2.05) is 6.92 Å². The number of nitrogens with one attached hydrogen (secondary N) is 4. The number of ether oxygens (including phenoxy) is 2. The fraction of sp³-hybridized carbons (Fsp3) is 0.836. The van der Waals surface area contributed by atoms with Crippen molar-refractivity contribution in [3.8, 4) is 0 Å². The van der Waals surface area contributed by atoms with E-state index in [9.17, 15) is 50.8 Å². The molecule has 0 radical (unpaired) electrons. The quantitative estimate of drug-likeness (QED) is 0.0770. The number of carboxylic acids is 1. The van der Waals surface area contributed by atoms with Gasteiger partial charge in [-0.05, 0) is 146 Å². The number of anilines is 1. The Morgan fingerprint density at radius 2 is 1.63 bits per heavy atom. The molecule has 20 nitrogen and oxygen atoms in total. The van der Waals surface area contributed by atoms with Gasteiger partial charge in [-0.15, -0.1) is 0 Å². The minimum atomic E-state index is -1.68. The topological polar surface area (TPSA) is 342 Å². The fourth-order valence-electron chi connectivity index (χ4n) is 21.8. The molecule has 10 aliphatic rings. The van der Waals surface area contributed by atoms with Gasteiger partial charge in [0.25, 0.3) is 0 Å². The largest absolute Gasteiger partial charge is 0.481 e. The van der Waals surface area contributed by atoms with Gasteiger partial charge < -0.3 is 81.8 Å². The number of hydrogen-bond donors (Lipinski definition) is 14. The van der Waals surface area contributed by atoms with E-state index in [1.54, 1.807) is 12.5 Å². The SMILES string of the molecule is CC1(CO)CCC2(C(=O)O)C(C1)C1=CCC3C4(C5CCCCC5)C(CC5C(C(c6cnc[nH]6)C(O)CC(N)O)NC(=O)C56CCCC6)C(O)C(OC5OCC(O)C(O)C5O)C(C)(CO)C4CCC3(C)C1(C)C1Cc3[nH]cnc3NCC12. The second-order valence-corrected chi connectivity index (χ2v) is 28.8. The number of allylic oxidation sites excluding steroid dienone is 2. The number of nitrogens with zero attached hydrogens (tertiary/aromatic N) is 2. The number of aliphatic hydroxyl groups excluding tert-OH is 8. The summed E-state index contributed by atoms with van der Waals surface area (Å²) in [7, 11) is 0. The van der Waals surface area contributed by atoms with Crippen LogP contribution in [0.5, 0.6) is 0 Å². The number of rotatable bonds is 13. The number of fused-ring (bicyclic) bond motifs is 11. The molecule has 7 aliphatic carbocycles. The molecular formula is C61H93N7O13. The number of nitrogens with two attached hydrogens (primary N) is 1. The molecule has 23 unspecified atom stereocenters. The van der Waals surface area contributed by atoms with E-state index >= 15 is 4.79 Å². The number of carbonyl (C=O) groups excluding carboxylic acids is 1. The molecule has 81 heavy (non-hydrogen) atoms. The van der Waals surface area contributed by atoms with E-state index in [0.717, 1.165) is 62.0 Å². The second kappa shape index (κ2) is 20.9. The zero-order valence-electron chi connectivity index (χ0n) is 47.9. The maximum Gasteiger partial charge on any atom is 0.310 e. The molecule has 1 amide bonds. The van der Waals surface area contributed by atoms with E-state index in [4.69, 9.17) is 20.2 Å². The molecule has 0 bridgehead atoms. The summed E-state index contributed by atoms with van der Waals surface area (Å²) in [5, 5.41) is 113. The first-order valence-electron chi connectivity index (χ1n) is 30.9. The van der Waals surface area contributed by atoms with Crippen molar-refractivity contribution < 1.29 is 65.0 Å². The summed E-state index contributed by atoms with van der Waals surface area (Å²) in [6.45, 7) is 8.60. The summed E-state index contributed by atoms with van der Waals surface area (Å²) >= 11 is 0. The highest BCUT2D eigenvalue weighted by Crippen LogP contribution is 2.81. The number of hydrogen-bond acceptors (Lipinski definition) is 16. The van der Waals surface area contributed by atoms with Gasteiger partial charge in [0.2, 0.25) is 5.91 Å². The van der Waals surface area contributed by atoms with Gasteiger partial charge in [0.1, 0.15) is 30.4 Å². The molecule has 23 atom stereocenters. The van der Waals surface area contributed by atoms with E-state index in [2.05, 4.69) is 52.4 Å². The molecule has 450 valence electrons. The van der Waals surface area contributed by atoms with E-state index in [-0.39, 0.29) is 61.0 Å². The van der Waals surface area contributed by atoms with Crippen LogP contribution in [0.4, 0.5) is 5.82 Å². The van der Waals surface area contributed by atoms with Crippen molar-refractivity contribution in [3.05, 3.63) is 41.9 Å². The number of imidazole rings is 2. The zero-order valence-corrected chi connectivity index (χ0v) is 47.9. The molecule has 8 fully saturated rings. The van der Waals surface area contributed by atoms with Crippen LogP contribution in [-0.2, 0) is 25.5 Å². The predicted molar refractivity (Wildman–Crippen MR) is 295 cm³/mol. The Balaban J connectivity index is 1.10. The first-order valence-corrected chi connectivity index (χ1v) is 30.9. The Labute approximate surface area is 475 Å². The summed E-state index contributed by atoms with van der Waals surface area (Å²) in [6.07, 6.45) is 7.49. The van der Waals surface area contributed by atoms with Gasteiger partial charge in [-0.3, -0.25) is 9.59 Å². The number of aliphatic carboxylic acids is 1. The van der Waals surface area contributed by atoms with E-state index in [1.165, 1.54) is 6.33 Å². The van der Waals surface area contributed by atoms with Gasteiger partial charge in [-0.1, -0.05) is 71.4 Å². The van der Waals surface area contributed by atoms with Crippen LogP contribution in [0.2, 0.25) is 0 Å². The molecule has 1 spiro atoms. The van der Waals surface area contributed by atoms with E-state index < -0.39 is 123 Å². The molecule has 5 heterocycles. The highest BCUT2D eigenvalue weighted by atomic mass is 16.7. The van der Waals surface area contributed by atoms with Crippen molar-refractivity contribution >= 4 is 17.7 Å².